The smallest absolute Gasteiger partial charge is 0.343 e. The van der Waals surface area contributed by atoms with Crippen molar-refractivity contribution in [3.63, 3.8) is 0 Å². The quantitative estimate of drug-likeness (QED) is 0.211. The first kappa shape index (κ1) is 21.1. The van der Waals surface area contributed by atoms with E-state index in [1.54, 1.807) is 48.5 Å². The molecule has 0 radical (unpaired) electrons. The van der Waals surface area contributed by atoms with Gasteiger partial charge in [-0.1, -0.05) is 6.92 Å². The molecule has 3 aromatic carbocycles. The average Bonchev–Trinajstić information content (AvgIpc) is 2.77. The summed E-state index contributed by atoms with van der Waals surface area (Å²) in [6, 6.07) is 14.7. The first-order valence-corrected chi connectivity index (χ1v) is 9.20. The van der Waals surface area contributed by atoms with Crippen LogP contribution < -0.4 is 9.47 Å². The summed E-state index contributed by atoms with van der Waals surface area (Å²) in [4.78, 5) is 16.1. The van der Waals surface area contributed by atoms with Crippen molar-refractivity contribution in [2.45, 2.75) is 13.3 Å². The van der Waals surface area contributed by atoms with Gasteiger partial charge in [-0.2, -0.15) is 0 Å². The normalized spacial score (nSPS) is 10.9. The lowest BCUT2D eigenvalue weighted by atomic mass is 10.2. The Bertz CT molecular complexity index is 1050. The van der Waals surface area contributed by atoms with E-state index < -0.39 is 23.4 Å². The van der Waals surface area contributed by atoms with Crippen molar-refractivity contribution in [1.29, 1.82) is 0 Å². The van der Waals surface area contributed by atoms with E-state index in [-0.39, 0.29) is 5.69 Å². The second kappa shape index (κ2) is 9.73. The fraction of sp³-hybridized carbons (Fsp3) is 0.130. The van der Waals surface area contributed by atoms with Gasteiger partial charge in [0.25, 0.3) is 0 Å². The lowest BCUT2D eigenvalue weighted by Gasteiger charge is -2.07. The monoisotopic (exact) mass is 413 g/mol. The Morgan fingerprint density at radius 3 is 2.23 bits per heavy atom. The van der Waals surface area contributed by atoms with E-state index in [0.29, 0.717) is 29.2 Å². The van der Waals surface area contributed by atoms with Crippen molar-refractivity contribution in [3.8, 4) is 11.5 Å². The molecule has 0 aliphatic heterocycles. The molecule has 4 nitrogen and oxygen atoms in total. The summed E-state index contributed by atoms with van der Waals surface area (Å²) in [6.45, 7) is 2.60. The molecular weight excluding hydrogens is 395 g/mol. The van der Waals surface area contributed by atoms with E-state index in [0.717, 1.165) is 18.6 Å². The molecule has 0 atom stereocenters. The molecule has 0 aliphatic carbocycles. The molecular formula is C23H18F3NO3. The van der Waals surface area contributed by atoms with Crippen LogP contribution >= 0.6 is 0 Å². The largest absolute Gasteiger partial charge is 0.494 e. The Morgan fingerprint density at radius 2 is 1.57 bits per heavy atom. The molecule has 0 fully saturated rings. The summed E-state index contributed by atoms with van der Waals surface area (Å²) in [6.07, 6.45) is 2.18. The first-order valence-electron chi connectivity index (χ1n) is 9.20. The molecule has 0 aromatic heterocycles. The van der Waals surface area contributed by atoms with Gasteiger partial charge in [0, 0.05) is 6.21 Å². The highest BCUT2D eigenvalue weighted by Gasteiger charge is 2.12. The Kier molecular flexibility index (Phi) is 6.85. The number of rotatable bonds is 7. The number of nitrogens with zero attached hydrogens (tertiary/aromatic N) is 1. The minimum atomic E-state index is -1.57. The number of hydrogen-bond donors (Lipinski definition) is 0. The van der Waals surface area contributed by atoms with Crippen molar-refractivity contribution < 1.29 is 27.4 Å². The molecule has 0 bridgehead atoms. The van der Waals surface area contributed by atoms with Crippen molar-refractivity contribution in [2.24, 2.45) is 4.99 Å². The van der Waals surface area contributed by atoms with Gasteiger partial charge in [-0.15, -0.1) is 0 Å². The van der Waals surface area contributed by atoms with Gasteiger partial charge in [-0.25, -0.2) is 18.0 Å². The number of hydrogen-bond acceptors (Lipinski definition) is 4. The van der Waals surface area contributed by atoms with Crippen molar-refractivity contribution in [3.05, 3.63) is 89.2 Å². The Hall–Kier alpha value is -3.61. The summed E-state index contributed by atoms with van der Waals surface area (Å²) < 4.78 is 50.6. The zero-order valence-corrected chi connectivity index (χ0v) is 16.1. The van der Waals surface area contributed by atoms with Crippen LogP contribution in [0.1, 0.15) is 29.3 Å². The molecule has 7 heteroatoms. The van der Waals surface area contributed by atoms with Crippen LogP contribution in [-0.2, 0) is 0 Å². The topological polar surface area (TPSA) is 47.9 Å². The lowest BCUT2D eigenvalue weighted by molar-refractivity contribution is 0.0734. The maximum atomic E-state index is 13.6. The molecule has 0 amide bonds. The van der Waals surface area contributed by atoms with Gasteiger partial charge in [0.15, 0.2) is 17.5 Å². The Balaban J connectivity index is 1.63. The summed E-state index contributed by atoms with van der Waals surface area (Å²) in [5.74, 6) is -3.75. The van der Waals surface area contributed by atoms with Crippen LogP contribution in [0.15, 0.2) is 65.7 Å². The van der Waals surface area contributed by atoms with Crippen LogP contribution in [0.25, 0.3) is 0 Å². The first-order chi connectivity index (χ1) is 14.5. The third-order valence-corrected chi connectivity index (χ3v) is 4.02. The van der Waals surface area contributed by atoms with E-state index in [1.165, 1.54) is 6.21 Å². The number of benzene rings is 3. The van der Waals surface area contributed by atoms with E-state index in [4.69, 9.17) is 9.47 Å². The Labute approximate surface area is 171 Å². The Morgan fingerprint density at radius 1 is 0.900 bits per heavy atom. The summed E-state index contributed by atoms with van der Waals surface area (Å²) >= 11 is 0. The maximum Gasteiger partial charge on any atom is 0.343 e. The van der Waals surface area contributed by atoms with Crippen LogP contribution in [0.3, 0.4) is 0 Å². The second-order valence-corrected chi connectivity index (χ2v) is 6.28. The van der Waals surface area contributed by atoms with Crippen molar-refractivity contribution >= 4 is 17.9 Å². The minimum absolute atomic E-state index is 0.308. The predicted octanol–water partition coefficient (Wildman–Crippen LogP) is 5.86. The van der Waals surface area contributed by atoms with Crippen molar-refractivity contribution in [2.75, 3.05) is 6.61 Å². The zero-order chi connectivity index (χ0) is 21.5. The molecule has 30 heavy (non-hydrogen) atoms. The van der Waals surface area contributed by atoms with Gasteiger partial charge in [-0.3, -0.25) is 4.99 Å². The van der Waals surface area contributed by atoms with Crippen LogP contribution in [0.4, 0.5) is 18.9 Å². The molecule has 154 valence electrons. The van der Waals surface area contributed by atoms with Crippen LogP contribution in [0, 0.1) is 17.5 Å². The van der Waals surface area contributed by atoms with Crippen LogP contribution in [-0.4, -0.2) is 18.8 Å². The van der Waals surface area contributed by atoms with Crippen LogP contribution in [0.5, 0.6) is 11.5 Å². The number of ether oxygens (including phenoxy) is 2. The highest BCUT2D eigenvalue weighted by Crippen LogP contribution is 2.22. The SMILES string of the molecule is CCCOc1ccc(C(=O)Oc2ccc(C=Nc3ccc(F)c(F)c3F)cc2)cc1. The highest BCUT2D eigenvalue weighted by atomic mass is 19.2. The minimum Gasteiger partial charge on any atom is -0.494 e. The predicted molar refractivity (Wildman–Crippen MR) is 107 cm³/mol. The summed E-state index contributed by atoms with van der Waals surface area (Å²) in [5.41, 5.74) is 0.602. The molecule has 0 N–H and O–H groups in total. The standard InChI is InChI=1S/C23H18F3NO3/c1-2-13-29-17-9-5-16(6-10-17)23(28)30-18-7-3-15(4-8-18)14-27-20-12-11-19(24)21(25)22(20)26/h3-12,14H,2,13H2,1H3. The molecule has 0 heterocycles. The molecule has 0 unspecified atom stereocenters. The van der Waals surface area contributed by atoms with E-state index >= 15 is 0 Å². The highest BCUT2D eigenvalue weighted by molar-refractivity contribution is 5.91. The summed E-state index contributed by atoms with van der Waals surface area (Å²) in [5, 5.41) is 0. The zero-order valence-electron chi connectivity index (χ0n) is 16.1. The molecule has 3 aromatic rings. The van der Waals surface area contributed by atoms with Gasteiger partial charge in [0.05, 0.1) is 12.2 Å². The number of esters is 1. The molecule has 0 aliphatic rings. The van der Waals surface area contributed by atoms with Gasteiger partial charge >= 0.3 is 5.97 Å². The van der Waals surface area contributed by atoms with Gasteiger partial charge in [0.1, 0.15) is 17.2 Å². The molecule has 0 saturated carbocycles. The van der Waals surface area contributed by atoms with E-state index in [1.807, 2.05) is 6.92 Å². The molecule has 3 rings (SSSR count). The van der Waals surface area contributed by atoms with Gasteiger partial charge in [-0.05, 0) is 72.6 Å². The number of halogens is 3. The molecule has 0 saturated heterocycles. The number of carbonyl (C=O) groups is 1. The summed E-state index contributed by atoms with van der Waals surface area (Å²) in [7, 11) is 0. The van der Waals surface area contributed by atoms with E-state index in [9.17, 15) is 18.0 Å². The lowest BCUT2D eigenvalue weighted by Crippen LogP contribution is -2.08. The third kappa shape index (κ3) is 5.26. The van der Waals surface area contributed by atoms with Gasteiger partial charge in [0.2, 0.25) is 0 Å². The second-order valence-electron chi connectivity index (χ2n) is 6.28. The fourth-order valence-corrected chi connectivity index (χ4v) is 2.45. The number of aliphatic imine (C=N–C) groups is 1. The van der Waals surface area contributed by atoms with E-state index in [2.05, 4.69) is 4.99 Å². The van der Waals surface area contributed by atoms with Crippen molar-refractivity contribution in [1.82, 2.24) is 0 Å². The third-order valence-electron chi connectivity index (χ3n) is 4.02. The average molecular weight is 413 g/mol. The fourth-order valence-electron chi connectivity index (χ4n) is 2.45. The van der Waals surface area contributed by atoms with Gasteiger partial charge < -0.3 is 9.47 Å². The maximum absolute atomic E-state index is 13.6. The number of carbonyl (C=O) groups excluding carboxylic acids is 1. The van der Waals surface area contributed by atoms with Crippen LogP contribution in [0.2, 0.25) is 0 Å². The molecule has 0 spiro atoms.